The van der Waals surface area contributed by atoms with Gasteiger partial charge in [0.15, 0.2) is 0 Å². The molecule has 1 unspecified atom stereocenters. The first-order valence-electron chi connectivity index (χ1n) is 5.72. The highest BCUT2D eigenvalue weighted by Gasteiger charge is 2.06. The normalized spacial score (nSPS) is 13.0. The van der Waals surface area contributed by atoms with Crippen molar-refractivity contribution in [2.24, 2.45) is 0 Å². The lowest BCUT2D eigenvalue weighted by atomic mass is 10.2. The summed E-state index contributed by atoms with van der Waals surface area (Å²) < 4.78 is 15.7. The maximum atomic E-state index is 5.41. The first kappa shape index (κ1) is 14.8. The van der Waals surface area contributed by atoms with Gasteiger partial charge < -0.3 is 19.5 Å². The van der Waals surface area contributed by atoms with Gasteiger partial charge in [-0.1, -0.05) is 6.92 Å². The van der Waals surface area contributed by atoms with E-state index in [9.17, 15) is 0 Å². The van der Waals surface area contributed by atoms with Crippen LogP contribution in [0.3, 0.4) is 0 Å². The summed E-state index contributed by atoms with van der Waals surface area (Å²) in [5, 5.41) is 3.37. The molecule has 0 saturated heterocycles. The molecule has 0 rings (SSSR count). The van der Waals surface area contributed by atoms with Gasteiger partial charge in [-0.3, -0.25) is 0 Å². The van der Waals surface area contributed by atoms with E-state index in [2.05, 4.69) is 12.2 Å². The van der Waals surface area contributed by atoms with Crippen LogP contribution in [0.15, 0.2) is 0 Å². The number of methoxy groups -OCH3 is 1. The van der Waals surface area contributed by atoms with Crippen LogP contribution in [0.2, 0.25) is 0 Å². The van der Waals surface area contributed by atoms with E-state index in [0.29, 0.717) is 19.3 Å². The Morgan fingerprint density at radius 2 is 1.87 bits per heavy atom. The molecule has 0 aliphatic rings. The minimum absolute atomic E-state index is 0.400. The summed E-state index contributed by atoms with van der Waals surface area (Å²) in [6.45, 7) is 8.71. The summed E-state index contributed by atoms with van der Waals surface area (Å²) >= 11 is 0. The molecule has 0 aromatic rings. The molecule has 0 aliphatic carbocycles. The maximum Gasteiger partial charge on any atom is 0.0700 e. The van der Waals surface area contributed by atoms with Gasteiger partial charge in [0, 0.05) is 26.4 Å². The zero-order chi connectivity index (χ0) is 11.4. The van der Waals surface area contributed by atoms with E-state index in [-0.39, 0.29) is 0 Å². The summed E-state index contributed by atoms with van der Waals surface area (Å²) in [5.41, 5.74) is 0. The molecule has 0 aromatic heterocycles. The van der Waals surface area contributed by atoms with Crippen molar-refractivity contribution < 1.29 is 14.2 Å². The Bertz CT molecular complexity index is 122. The maximum absolute atomic E-state index is 5.41. The average molecular weight is 219 g/mol. The molecule has 0 radical (unpaired) electrons. The summed E-state index contributed by atoms with van der Waals surface area (Å²) in [4.78, 5) is 0. The lowest BCUT2D eigenvalue weighted by Gasteiger charge is -2.17. The quantitative estimate of drug-likeness (QED) is 0.527. The van der Waals surface area contributed by atoms with Gasteiger partial charge in [0.1, 0.15) is 0 Å². The van der Waals surface area contributed by atoms with Gasteiger partial charge in [0.25, 0.3) is 0 Å². The summed E-state index contributed by atoms with van der Waals surface area (Å²) in [7, 11) is 1.68. The SMILES string of the molecule is CCNC(CCOCCOC)COCC. The number of ether oxygens (including phenoxy) is 3. The van der Waals surface area contributed by atoms with Crippen LogP contribution in [0.4, 0.5) is 0 Å². The molecule has 1 atom stereocenters. The third kappa shape index (κ3) is 10.1. The summed E-state index contributed by atoms with van der Waals surface area (Å²) in [5.74, 6) is 0. The minimum Gasteiger partial charge on any atom is -0.382 e. The van der Waals surface area contributed by atoms with Crippen LogP contribution >= 0.6 is 0 Å². The number of likely N-dealkylation sites (N-methyl/N-ethyl adjacent to an activating group) is 1. The van der Waals surface area contributed by atoms with Crippen molar-refractivity contribution in [2.75, 3.05) is 46.7 Å². The van der Waals surface area contributed by atoms with E-state index in [1.54, 1.807) is 7.11 Å². The molecule has 0 aromatic carbocycles. The van der Waals surface area contributed by atoms with Crippen molar-refractivity contribution in [3.05, 3.63) is 0 Å². The number of hydrogen-bond acceptors (Lipinski definition) is 4. The zero-order valence-electron chi connectivity index (χ0n) is 10.3. The van der Waals surface area contributed by atoms with Crippen LogP contribution in [0.1, 0.15) is 20.3 Å². The van der Waals surface area contributed by atoms with Gasteiger partial charge in [-0.15, -0.1) is 0 Å². The molecule has 92 valence electrons. The van der Waals surface area contributed by atoms with Gasteiger partial charge in [-0.25, -0.2) is 0 Å². The lowest BCUT2D eigenvalue weighted by molar-refractivity contribution is 0.0561. The molecule has 0 aliphatic heterocycles. The van der Waals surface area contributed by atoms with Crippen molar-refractivity contribution in [3.8, 4) is 0 Å². The van der Waals surface area contributed by atoms with Crippen molar-refractivity contribution in [3.63, 3.8) is 0 Å². The molecule has 0 fully saturated rings. The Balaban J connectivity index is 3.38. The number of nitrogens with one attached hydrogen (secondary N) is 1. The van der Waals surface area contributed by atoms with E-state index in [1.807, 2.05) is 6.92 Å². The molecule has 4 heteroatoms. The average Bonchev–Trinajstić information content (AvgIpc) is 2.25. The molecule has 0 bridgehead atoms. The molecular formula is C11H25NO3. The Hall–Kier alpha value is -0.160. The molecule has 0 saturated carbocycles. The second kappa shape index (κ2) is 11.9. The third-order valence-electron chi connectivity index (χ3n) is 2.06. The fraction of sp³-hybridized carbons (Fsp3) is 1.00. The van der Waals surface area contributed by atoms with Crippen molar-refractivity contribution in [2.45, 2.75) is 26.3 Å². The van der Waals surface area contributed by atoms with Crippen LogP contribution in [-0.4, -0.2) is 52.7 Å². The van der Waals surface area contributed by atoms with Crippen molar-refractivity contribution in [1.29, 1.82) is 0 Å². The lowest BCUT2D eigenvalue weighted by Crippen LogP contribution is -2.34. The Labute approximate surface area is 93.3 Å². The predicted octanol–water partition coefficient (Wildman–Crippen LogP) is 1.05. The predicted molar refractivity (Wildman–Crippen MR) is 61.3 cm³/mol. The van der Waals surface area contributed by atoms with Gasteiger partial charge >= 0.3 is 0 Å². The van der Waals surface area contributed by atoms with Crippen molar-refractivity contribution >= 4 is 0 Å². The second-order valence-electron chi connectivity index (χ2n) is 3.31. The molecule has 0 amide bonds. The standard InChI is InChI=1S/C11H25NO3/c1-4-12-11(10-14-5-2)6-7-15-9-8-13-3/h11-12H,4-10H2,1-3H3. The zero-order valence-corrected chi connectivity index (χ0v) is 10.3. The highest BCUT2D eigenvalue weighted by atomic mass is 16.5. The smallest absolute Gasteiger partial charge is 0.0700 e. The number of hydrogen-bond donors (Lipinski definition) is 1. The van der Waals surface area contributed by atoms with Crippen LogP contribution in [-0.2, 0) is 14.2 Å². The first-order chi connectivity index (χ1) is 7.35. The summed E-state index contributed by atoms with van der Waals surface area (Å²) in [6, 6.07) is 0.400. The molecule has 4 nitrogen and oxygen atoms in total. The van der Waals surface area contributed by atoms with Gasteiger partial charge in [-0.2, -0.15) is 0 Å². The summed E-state index contributed by atoms with van der Waals surface area (Å²) in [6.07, 6.45) is 0.984. The van der Waals surface area contributed by atoms with Gasteiger partial charge in [0.2, 0.25) is 0 Å². The first-order valence-corrected chi connectivity index (χ1v) is 5.72. The van der Waals surface area contributed by atoms with E-state index in [4.69, 9.17) is 14.2 Å². The molecule has 0 heterocycles. The monoisotopic (exact) mass is 219 g/mol. The van der Waals surface area contributed by atoms with Crippen molar-refractivity contribution in [1.82, 2.24) is 5.32 Å². The van der Waals surface area contributed by atoms with Crippen LogP contribution in [0.5, 0.6) is 0 Å². The minimum atomic E-state index is 0.400. The van der Waals surface area contributed by atoms with Crippen LogP contribution in [0, 0.1) is 0 Å². The van der Waals surface area contributed by atoms with Gasteiger partial charge in [0.05, 0.1) is 19.8 Å². The molecular weight excluding hydrogens is 194 g/mol. The Kier molecular flexibility index (Phi) is 11.8. The van der Waals surface area contributed by atoms with E-state index in [1.165, 1.54) is 0 Å². The van der Waals surface area contributed by atoms with Crippen LogP contribution in [0.25, 0.3) is 0 Å². The van der Waals surface area contributed by atoms with E-state index >= 15 is 0 Å². The highest BCUT2D eigenvalue weighted by molar-refractivity contribution is 4.64. The Morgan fingerprint density at radius 3 is 2.47 bits per heavy atom. The van der Waals surface area contributed by atoms with E-state index < -0.39 is 0 Å². The second-order valence-corrected chi connectivity index (χ2v) is 3.31. The highest BCUT2D eigenvalue weighted by Crippen LogP contribution is 1.94. The van der Waals surface area contributed by atoms with Crippen LogP contribution < -0.4 is 5.32 Å². The third-order valence-corrected chi connectivity index (χ3v) is 2.06. The molecule has 15 heavy (non-hydrogen) atoms. The van der Waals surface area contributed by atoms with Gasteiger partial charge in [-0.05, 0) is 19.9 Å². The Morgan fingerprint density at radius 1 is 1.07 bits per heavy atom. The fourth-order valence-electron chi connectivity index (χ4n) is 1.26. The molecule has 1 N–H and O–H groups in total. The largest absolute Gasteiger partial charge is 0.382 e. The fourth-order valence-corrected chi connectivity index (χ4v) is 1.26. The number of rotatable bonds is 11. The van der Waals surface area contributed by atoms with E-state index in [0.717, 1.165) is 32.8 Å². The molecule has 0 spiro atoms. The topological polar surface area (TPSA) is 39.7 Å².